The summed E-state index contributed by atoms with van der Waals surface area (Å²) in [6, 6.07) is 72.1. The molecule has 2 aromatic heterocycles. The number of benzene rings is 10. The molecule has 0 aliphatic carbocycles. The van der Waals surface area contributed by atoms with E-state index < -0.39 is 0 Å². The van der Waals surface area contributed by atoms with Gasteiger partial charge in [-0.05, 0) is 132 Å². The minimum Gasteiger partial charge on any atom is -0.310 e. The number of aryl methyl sites for hydroxylation is 2. The Morgan fingerprint density at radius 2 is 0.617 bits per heavy atom. The first-order chi connectivity index (χ1) is 29.6. The van der Waals surface area contributed by atoms with E-state index in [1.807, 2.05) is 22.7 Å². The Balaban J connectivity index is 1.13. The first-order valence-electron chi connectivity index (χ1n) is 20.5. The number of anilines is 6. The molecule has 10 aromatic carbocycles. The van der Waals surface area contributed by atoms with Gasteiger partial charge in [-0.2, -0.15) is 0 Å². The topological polar surface area (TPSA) is 6.48 Å². The van der Waals surface area contributed by atoms with Crippen molar-refractivity contribution >= 4 is 129 Å². The molecule has 4 heteroatoms. The molecule has 0 amide bonds. The molecule has 12 rings (SSSR count). The largest absolute Gasteiger partial charge is 0.310 e. The third-order valence-corrected chi connectivity index (χ3v) is 14.4. The summed E-state index contributed by atoms with van der Waals surface area (Å²) in [6.45, 7) is 4.37. The molecule has 0 fully saturated rings. The summed E-state index contributed by atoms with van der Waals surface area (Å²) in [5, 5.41) is 12.5. The Morgan fingerprint density at radius 3 is 1.03 bits per heavy atom. The molecule has 0 aliphatic heterocycles. The fraction of sp³-hybridized carbons (Fsp3) is 0.0357. The van der Waals surface area contributed by atoms with Crippen LogP contribution in [-0.4, -0.2) is 0 Å². The van der Waals surface area contributed by atoms with Crippen LogP contribution in [0.25, 0.3) is 72.7 Å². The highest BCUT2D eigenvalue weighted by atomic mass is 32.1. The van der Waals surface area contributed by atoms with E-state index in [1.54, 1.807) is 0 Å². The average molecular weight is 803 g/mol. The predicted molar refractivity (Wildman–Crippen MR) is 264 cm³/mol. The van der Waals surface area contributed by atoms with Crippen LogP contribution in [0.1, 0.15) is 11.1 Å². The Hall–Kier alpha value is -6.98. The van der Waals surface area contributed by atoms with E-state index in [9.17, 15) is 0 Å². The molecule has 0 aliphatic rings. The summed E-state index contributed by atoms with van der Waals surface area (Å²) in [5.41, 5.74) is 9.40. The number of hydrogen-bond acceptors (Lipinski definition) is 4. The Kier molecular flexibility index (Phi) is 8.06. The summed E-state index contributed by atoms with van der Waals surface area (Å²) in [7, 11) is 0. The number of para-hydroxylation sites is 2. The first-order valence-corrected chi connectivity index (χ1v) is 22.1. The van der Waals surface area contributed by atoms with E-state index in [0.29, 0.717) is 0 Å². The molecule has 0 unspecified atom stereocenters. The third-order valence-electron chi connectivity index (χ3n) is 12.1. The lowest BCUT2D eigenvalue weighted by molar-refractivity contribution is 1.30. The third kappa shape index (κ3) is 5.60. The standard InChI is InChI=1S/C56H38N2S2/c1-35-21-25-53-47(29-35)49-31-39(23-27-55(49)59-53)57(37-13-5-3-6-14-37)51-33-45-42-18-10-12-20-44(42)52(34-46(45)41-17-9-11-19-43(41)51)58(38-15-7-4-8-16-38)40-24-28-56-50(32-40)48-30-36(2)22-26-54(48)60-56/h3-34H,1-2H3. The van der Waals surface area contributed by atoms with Gasteiger partial charge in [0.1, 0.15) is 0 Å². The molecule has 0 saturated heterocycles. The van der Waals surface area contributed by atoms with E-state index in [0.717, 1.165) is 34.1 Å². The van der Waals surface area contributed by atoms with Gasteiger partial charge in [0.15, 0.2) is 0 Å². The van der Waals surface area contributed by atoms with Crippen LogP contribution >= 0.6 is 22.7 Å². The molecule has 0 N–H and O–H groups in total. The summed E-state index contributed by atoms with van der Waals surface area (Å²) in [6.07, 6.45) is 0. The molecular formula is C56H38N2S2. The number of hydrogen-bond donors (Lipinski definition) is 0. The number of thiophene rings is 2. The summed E-state index contributed by atoms with van der Waals surface area (Å²) in [4.78, 5) is 4.92. The van der Waals surface area contributed by atoms with Gasteiger partial charge in [0, 0.05) is 73.9 Å². The molecule has 12 aromatic rings. The van der Waals surface area contributed by atoms with Crippen LogP contribution in [-0.2, 0) is 0 Å². The van der Waals surface area contributed by atoms with Crippen molar-refractivity contribution in [2.75, 3.05) is 9.80 Å². The van der Waals surface area contributed by atoms with Crippen molar-refractivity contribution in [1.29, 1.82) is 0 Å². The lowest BCUT2D eigenvalue weighted by atomic mass is 9.93. The molecule has 2 heterocycles. The van der Waals surface area contributed by atoms with Gasteiger partial charge in [0.25, 0.3) is 0 Å². The van der Waals surface area contributed by atoms with Crippen molar-refractivity contribution in [3.8, 4) is 0 Å². The summed E-state index contributed by atoms with van der Waals surface area (Å²) >= 11 is 3.74. The van der Waals surface area contributed by atoms with Crippen molar-refractivity contribution in [1.82, 2.24) is 0 Å². The van der Waals surface area contributed by atoms with Crippen LogP contribution in [0, 0.1) is 13.8 Å². The normalized spacial score (nSPS) is 11.8. The number of nitrogens with zero attached hydrogens (tertiary/aromatic N) is 2. The van der Waals surface area contributed by atoms with Gasteiger partial charge in [-0.25, -0.2) is 0 Å². The zero-order valence-electron chi connectivity index (χ0n) is 33.2. The second-order valence-corrected chi connectivity index (χ2v) is 18.1. The van der Waals surface area contributed by atoms with Gasteiger partial charge in [0.2, 0.25) is 0 Å². The summed E-state index contributed by atoms with van der Waals surface area (Å²) < 4.78 is 5.25. The maximum atomic E-state index is 2.46. The fourth-order valence-corrected chi connectivity index (χ4v) is 11.5. The fourth-order valence-electron chi connectivity index (χ4n) is 9.33. The van der Waals surface area contributed by atoms with Crippen LogP contribution < -0.4 is 9.80 Å². The highest BCUT2D eigenvalue weighted by Gasteiger charge is 2.23. The van der Waals surface area contributed by atoms with Crippen LogP contribution in [0.4, 0.5) is 34.1 Å². The van der Waals surface area contributed by atoms with Crippen molar-refractivity contribution in [2.24, 2.45) is 0 Å². The van der Waals surface area contributed by atoms with E-state index in [-0.39, 0.29) is 0 Å². The van der Waals surface area contributed by atoms with Gasteiger partial charge in [-0.1, -0.05) is 108 Å². The van der Waals surface area contributed by atoms with Crippen LogP contribution in [0.15, 0.2) is 194 Å². The molecule has 0 bridgehead atoms. The van der Waals surface area contributed by atoms with E-state index >= 15 is 0 Å². The van der Waals surface area contributed by atoms with E-state index in [4.69, 9.17) is 0 Å². The van der Waals surface area contributed by atoms with Gasteiger partial charge in [-0.3, -0.25) is 0 Å². The maximum absolute atomic E-state index is 2.46. The lowest BCUT2D eigenvalue weighted by Gasteiger charge is -2.30. The van der Waals surface area contributed by atoms with Crippen molar-refractivity contribution < 1.29 is 0 Å². The van der Waals surface area contributed by atoms with Gasteiger partial charge in [-0.15, -0.1) is 22.7 Å². The molecular weight excluding hydrogens is 765 g/mol. The van der Waals surface area contributed by atoms with Crippen LogP contribution in [0.5, 0.6) is 0 Å². The zero-order chi connectivity index (χ0) is 39.9. The number of fused-ring (bicyclic) bond motifs is 11. The number of rotatable bonds is 6. The molecule has 0 spiro atoms. The van der Waals surface area contributed by atoms with Crippen molar-refractivity contribution in [2.45, 2.75) is 13.8 Å². The predicted octanol–water partition coefficient (Wildman–Crippen LogP) is 17.4. The van der Waals surface area contributed by atoms with Crippen LogP contribution in [0.3, 0.4) is 0 Å². The smallest absolute Gasteiger partial charge is 0.0546 e. The lowest BCUT2D eigenvalue weighted by Crippen LogP contribution is -2.11. The highest BCUT2D eigenvalue weighted by molar-refractivity contribution is 7.26. The average Bonchev–Trinajstić information content (AvgIpc) is 3.84. The Labute approximate surface area is 356 Å². The molecule has 60 heavy (non-hydrogen) atoms. The SMILES string of the molecule is Cc1ccc2sc3ccc(N(c4ccccc4)c4cc5c6ccccc6c(N(c6ccccc6)c6ccc7sc8ccc(C)cc8c7c6)cc5c5ccccc45)cc3c2c1. The van der Waals surface area contributed by atoms with E-state index in [1.165, 1.54) is 83.8 Å². The molecule has 0 atom stereocenters. The van der Waals surface area contributed by atoms with Gasteiger partial charge < -0.3 is 9.80 Å². The Bertz CT molecular complexity index is 3400. The van der Waals surface area contributed by atoms with Crippen LogP contribution in [0.2, 0.25) is 0 Å². The quantitative estimate of drug-likeness (QED) is 0.155. The summed E-state index contributed by atoms with van der Waals surface area (Å²) in [5.74, 6) is 0. The van der Waals surface area contributed by atoms with Gasteiger partial charge >= 0.3 is 0 Å². The highest BCUT2D eigenvalue weighted by Crippen LogP contribution is 2.49. The maximum Gasteiger partial charge on any atom is 0.0546 e. The van der Waals surface area contributed by atoms with Crippen molar-refractivity contribution in [3.63, 3.8) is 0 Å². The molecule has 284 valence electrons. The molecule has 2 nitrogen and oxygen atoms in total. The molecule has 0 radical (unpaired) electrons. The first kappa shape index (κ1) is 35.0. The van der Waals surface area contributed by atoms with Crippen molar-refractivity contribution in [3.05, 3.63) is 205 Å². The minimum absolute atomic E-state index is 1.12. The molecule has 0 saturated carbocycles. The van der Waals surface area contributed by atoms with Gasteiger partial charge in [0.05, 0.1) is 11.4 Å². The zero-order valence-corrected chi connectivity index (χ0v) is 34.8. The second-order valence-electron chi connectivity index (χ2n) is 15.9. The Morgan fingerprint density at radius 1 is 0.267 bits per heavy atom. The minimum atomic E-state index is 1.12. The van der Waals surface area contributed by atoms with E-state index in [2.05, 4.69) is 218 Å². The monoisotopic (exact) mass is 802 g/mol. The second kappa shape index (κ2) is 13.8.